The summed E-state index contributed by atoms with van der Waals surface area (Å²) in [5.41, 5.74) is 0.748. The number of allylic oxidation sites excluding steroid dienone is 1. The third-order valence-electron chi connectivity index (χ3n) is 5.58. The number of carbonyl (C=O) groups excluding carboxylic acids is 2. The van der Waals surface area contributed by atoms with E-state index >= 15 is 0 Å². The van der Waals surface area contributed by atoms with Crippen LogP contribution in [0.5, 0.6) is 5.75 Å². The average molecular weight is 461 g/mol. The summed E-state index contributed by atoms with van der Waals surface area (Å²) >= 11 is 0. The Kier molecular flexibility index (Phi) is 11.1. The summed E-state index contributed by atoms with van der Waals surface area (Å²) in [6.45, 7) is 10.9. The van der Waals surface area contributed by atoms with Crippen molar-refractivity contribution in [3.05, 3.63) is 42.0 Å². The van der Waals surface area contributed by atoms with Gasteiger partial charge >= 0.3 is 5.97 Å². The summed E-state index contributed by atoms with van der Waals surface area (Å²) in [5.74, 6) is -0.388. The van der Waals surface area contributed by atoms with Gasteiger partial charge in [0.1, 0.15) is 11.9 Å². The average Bonchev–Trinajstić information content (AvgIpc) is 3.05. The minimum absolute atomic E-state index is 0.128. The standard InChI is InChI=1S/C20H30N2O3.C5H6O3/c1-16(2)21-10-3-11-22(13-12-21)20(23)17-4-6-18(7-5-17)25-19-8-14-24-15-9-19;1-4(6)2-3-5(7)8/h4-7,16,19H,3,8-15H2,1-2H3;2-3H,1H3,(H,7,8)/b;3-2-. The van der Waals surface area contributed by atoms with E-state index in [4.69, 9.17) is 14.6 Å². The molecular formula is C25H36N2O6. The van der Waals surface area contributed by atoms with Crippen LogP contribution in [0, 0.1) is 0 Å². The number of hydrogen-bond acceptors (Lipinski definition) is 6. The Morgan fingerprint density at radius 2 is 1.70 bits per heavy atom. The molecule has 1 aromatic rings. The number of nitrogens with zero attached hydrogens (tertiary/aromatic N) is 2. The minimum atomic E-state index is -1.10. The van der Waals surface area contributed by atoms with Gasteiger partial charge in [0.05, 0.1) is 13.2 Å². The van der Waals surface area contributed by atoms with E-state index in [1.54, 1.807) is 0 Å². The first kappa shape index (κ1) is 26.5. The molecule has 2 aliphatic heterocycles. The summed E-state index contributed by atoms with van der Waals surface area (Å²) in [7, 11) is 0. The van der Waals surface area contributed by atoms with Gasteiger partial charge in [-0.25, -0.2) is 4.79 Å². The van der Waals surface area contributed by atoms with Crippen LogP contribution >= 0.6 is 0 Å². The van der Waals surface area contributed by atoms with Crippen molar-refractivity contribution >= 4 is 17.7 Å². The summed E-state index contributed by atoms with van der Waals surface area (Å²) in [6.07, 6.45) is 4.93. The van der Waals surface area contributed by atoms with E-state index < -0.39 is 5.97 Å². The first-order valence-corrected chi connectivity index (χ1v) is 11.6. The number of ether oxygens (including phenoxy) is 2. The lowest BCUT2D eigenvalue weighted by molar-refractivity contribution is -0.131. The molecule has 0 aromatic heterocycles. The lowest BCUT2D eigenvalue weighted by Gasteiger charge is -2.25. The molecule has 0 aliphatic carbocycles. The molecule has 8 nitrogen and oxygen atoms in total. The van der Waals surface area contributed by atoms with Gasteiger partial charge in [0.25, 0.3) is 5.91 Å². The fraction of sp³-hybridized carbons (Fsp3) is 0.560. The monoisotopic (exact) mass is 460 g/mol. The van der Waals surface area contributed by atoms with Crippen molar-refractivity contribution in [3.63, 3.8) is 0 Å². The van der Waals surface area contributed by atoms with Gasteiger partial charge in [-0.1, -0.05) is 0 Å². The lowest BCUT2D eigenvalue weighted by Crippen LogP contribution is -2.37. The number of amides is 1. The number of aliphatic carboxylic acids is 1. The molecule has 8 heteroatoms. The van der Waals surface area contributed by atoms with Crippen LogP contribution in [0.4, 0.5) is 0 Å². The van der Waals surface area contributed by atoms with Crippen molar-refractivity contribution in [1.29, 1.82) is 0 Å². The molecule has 33 heavy (non-hydrogen) atoms. The largest absolute Gasteiger partial charge is 0.490 e. The Morgan fingerprint density at radius 1 is 1.03 bits per heavy atom. The van der Waals surface area contributed by atoms with Gasteiger partial charge in [-0.2, -0.15) is 0 Å². The number of hydrogen-bond donors (Lipinski definition) is 1. The highest BCUT2D eigenvalue weighted by atomic mass is 16.5. The normalized spacial score (nSPS) is 17.9. The smallest absolute Gasteiger partial charge is 0.328 e. The molecule has 2 heterocycles. The Hall–Kier alpha value is -2.71. The summed E-state index contributed by atoms with van der Waals surface area (Å²) < 4.78 is 11.3. The van der Waals surface area contributed by atoms with Gasteiger partial charge in [-0.15, -0.1) is 0 Å². The van der Waals surface area contributed by atoms with Crippen molar-refractivity contribution in [2.24, 2.45) is 0 Å². The highest BCUT2D eigenvalue weighted by molar-refractivity contribution is 5.94. The second kappa shape index (κ2) is 13.7. The number of benzene rings is 1. The molecule has 3 rings (SSSR count). The molecule has 0 saturated carbocycles. The van der Waals surface area contributed by atoms with E-state index in [1.807, 2.05) is 29.2 Å². The topological polar surface area (TPSA) is 96.4 Å². The molecule has 1 N–H and O–H groups in total. The van der Waals surface area contributed by atoms with Gasteiger partial charge in [0, 0.05) is 56.7 Å². The van der Waals surface area contributed by atoms with E-state index in [2.05, 4.69) is 18.7 Å². The number of carbonyl (C=O) groups is 3. The molecule has 0 bridgehead atoms. The predicted octanol–water partition coefficient (Wildman–Crippen LogP) is 3.02. The van der Waals surface area contributed by atoms with E-state index in [0.29, 0.717) is 6.04 Å². The van der Waals surface area contributed by atoms with Gasteiger partial charge in [-0.3, -0.25) is 14.5 Å². The van der Waals surface area contributed by atoms with Gasteiger partial charge in [-0.05, 0) is 57.5 Å². The second-order valence-electron chi connectivity index (χ2n) is 8.51. The van der Waals surface area contributed by atoms with Crippen LogP contribution in [0.3, 0.4) is 0 Å². The fourth-order valence-electron chi connectivity index (χ4n) is 3.69. The van der Waals surface area contributed by atoms with E-state index in [-0.39, 0.29) is 17.8 Å². The van der Waals surface area contributed by atoms with Crippen LogP contribution in [0.2, 0.25) is 0 Å². The van der Waals surface area contributed by atoms with E-state index in [0.717, 1.165) is 82.1 Å². The van der Waals surface area contributed by atoms with Crippen molar-refractivity contribution < 1.29 is 29.0 Å². The zero-order valence-corrected chi connectivity index (χ0v) is 19.9. The van der Waals surface area contributed by atoms with E-state index in [9.17, 15) is 14.4 Å². The maximum Gasteiger partial charge on any atom is 0.328 e. The molecule has 0 unspecified atom stereocenters. The second-order valence-corrected chi connectivity index (χ2v) is 8.51. The third-order valence-corrected chi connectivity index (χ3v) is 5.58. The number of carboxylic acids is 1. The first-order valence-electron chi connectivity index (χ1n) is 11.6. The maximum atomic E-state index is 12.8. The van der Waals surface area contributed by atoms with Crippen LogP contribution in [0.1, 0.15) is 50.4 Å². The van der Waals surface area contributed by atoms with Crippen LogP contribution in [-0.2, 0) is 14.3 Å². The molecule has 182 valence electrons. The molecule has 2 aliphatic rings. The van der Waals surface area contributed by atoms with Crippen molar-refractivity contribution in [1.82, 2.24) is 9.80 Å². The summed E-state index contributed by atoms with van der Waals surface area (Å²) in [5, 5.41) is 7.92. The molecular weight excluding hydrogens is 424 g/mol. The summed E-state index contributed by atoms with van der Waals surface area (Å²) in [6, 6.07) is 8.16. The van der Waals surface area contributed by atoms with Gasteiger partial charge in [0.15, 0.2) is 5.78 Å². The zero-order chi connectivity index (χ0) is 24.2. The van der Waals surface area contributed by atoms with Gasteiger partial charge in [0.2, 0.25) is 0 Å². The Morgan fingerprint density at radius 3 is 2.24 bits per heavy atom. The molecule has 1 amide bonds. The Balaban J connectivity index is 0.000000414. The van der Waals surface area contributed by atoms with Gasteiger partial charge < -0.3 is 19.5 Å². The van der Waals surface area contributed by atoms with Crippen molar-refractivity contribution in [3.8, 4) is 5.75 Å². The predicted molar refractivity (Wildman–Crippen MR) is 126 cm³/mol. The van der Waals surface area contributed by atoms with Crippen LogP contribution < -0.4 is 4.74 Å². The zero-order valence-electron chi connectivity index (χ0n) is 19.9. The quantitative estimate of drug-likeness (QED) is 0.652. The van der Waals surface area contributed by atoms with Crippen molar-refractivity contribution in [2.75, 3.05) is 39.4 Å². The first-order chi connectivity index (χ1) is 15.8. The third kappa shape index (κ3) is 9.75. The molecule has 2 saturated heterocycles. The van der Waals surface area contributed by atoms with Crippen LogP contribution in [0.25, 0.3) is 0 Å². The summed E-state index contributed by atoms with van der Waals surface area (Å²) in [4.78, 5) is 36.9. The molecule has 2 fully saturated rings. The number of carboxylic acid groups (broad SMARTS) is 1. The molecule has 0 spiro atoms. The molecule has 0 atom stereocenters. The van der Waals surface area contributed by atoms with Crippen LogP contribution in [0.15, 0.2) is 36.4 Å². The molecule has 1 aromatic carbocycles. The maximum absolute atomic E-state index is 12.8. The van der Waals surface area contributed by atoms with E-state index in [1.165, 1.54) is 6.92 Å². The minimum Gasteiger partial charge on any atom is -0.490 e. The SMILES string of the molecule is CC(=O)/C=C\C(=O)O.CC(C)N1CCCN(C(=O)c2ccc(OC3CCOCC3)cc2)CC1. The Bertz CT molecular complexity index is 784. The molecule has 0 radical (unpaired) electrons. The fourth-order valence-corrected chi connectivity index (χ4v) is 3.69. The lowest BCUT2D eigenvalue weighted by atomic mass is 10.1. The van der Waals surface area contributed by atoms with Crippen LogP contribution in [-0.4, -0.2) is 84.1 Å². The highest BCUT2D eigenvalue weighted by Crippen LogP contribution is 2.20. The van der Waals surface area contributed by atoms with Crippen molar-refractivity contribution in [2.45, 2.75) is 52.2 Å². The number of rotatable bonds is 6. The number of ketones is 1. The Labute approximate surface area is 196 Å². The highest BCUT2D eigenvalue weighted by Gasteiger charge is 2.21.